The third-order valence-electron chi connectivity index (χ3n) is 4.36. The Hall–Kier alpha value is -3.61. The van der Waals surface area contributed by atoms with E-state index < -0.39 is 0 Å². The summed E-state index contributed by atoms with van der Waals surface area (Å²) in [6, 6.07) is 15.7. The molecule has 0 atom stereocenters. The Labute approximate surface area is 156 Å². The predicted molar refractivity (Wildman–Crippen MR) is 103 cm³/mol. The molecule has 2 N–H and O–H groups in total. The van der Waals surface area contributed by atoms with E-state index >= 15 is 0 Å². The lowest BCUT2D eigenvalue weighted by Crippen LogP contribution is -2.14. The van der Waals surface area contributed by atoms with Crippen LogP contribution in [0.3, 0.4) is 0 Å². The lowest BCUT2D eigenvalue weighted by atomic mass is 9.98. The molecule has 0 aliphatic heterocycles. The van der Waals surface area contributed by atoms with Gasteiger partial charge in [-0.05, 0) is 35.4 Å². The van der Waals surface area contributed by atoms with Crippen molar-refractivity contribution in [2.45, 2.75) is 6.04 Å². The van der Waals surface area contributed by atoms with Gasteiger partial charge >= 0.3 is 0 Å². The van der Waals surface area contributed by atoms with E-state index in [1.54, 1.807) is 20.5 Å². The fourth-order valence-corrected chi connectivity index (χ4v) is 3.01. The third-order valence-corrected chi connectivity index (χ3v) is 4.36. The van der Waals surface area contributed by atoms with Crippen LogP contribution in [-0.4, -0.2) is 34.2 Å². The molecule has 0 spiro atoms. The van der Waals surface area contributed by atoms with Gasteiger partial charge in [-0.25, -0.2) is 15.0 Å². The van der Waals surface area contributed by atoms with E-state index in [0.717, 1.165) is 28.1 Å². The first-order valence-corrected chi connectivity index (χ1v) is 8.47. The van der Waals surface area contributed by atoms with Crippen molar-refractivity contribution in [2.75, 3.05) is 19.5 Å². The standard InChI is InChI=1S/C20H19N5O2/c1-26-15-7-3-5-13(9-15)17(14-6-4-8-16(10-14)27-2)25-20-18-19(22-11-21-18)23-12-24-20/h3-12,17H,1-2H3,(H2,21,22,23,24,25). The number of aromatic amines is 1. The minimum Gasteiger partial charge on any atom is -0.497 e. The molecule has 0 radical (unpaired) electrons. The highest BCUT2D eigenvalue weighted by molar-refractivity contribution is 5.82. The van der Waals surface area contributed by atoms with Crippen LogP contribution < -0.4 is 14.8 Å². The topological polar surface area (TPSA) is 85.0 Å². The van der Waals surface area contributed by atoms with Crippen LogP contribution in [0.25, 0.3) is 11.2 Å². The van der Waals surface area contributed by atoms with Gasteiger partial charge in [-0.3, -0.25) is 0 Å². The highest BCUT2D eigenvalue weighted by atomic mass is 16.5. The average Bonchev–Trinajstić information content (AvgIpc) is 3.21. The summed E-state index contributed by atoms with van der Waals surface area (Å²) >= 11 is 0. The Morgan fingerprint density at radius 1 is 0.889 bits per heavy atom. The second-order valence-corrected chi connectivity index (χ2v) is 5.95. The van der Waals surface area contributed by atoms with E-state index in [4.69, 9.17) is 9.47 Å². The average molecular weight is 361 g/mol. The smallest absolute Gasteiger partial charge is 0.182 e. The molecule has 0 aliphatic rings. The number of imidazole rings is 1. The third kappa shape index (κ3) is 3.39. The zero-order valence-electron chi connectivity index (χ0n) is 15.0. The number of hydrogen-bond donors (Lipinski definition) is 2. The molecule has 0 unspecified atom stereocenters. The van der Waals surface area contributed by atoms with Gasteiger partial charge < -0.3 is 19.8 Å². The molecule has 27 heavy (non-hydrogen) atoms. The summed E-state index contributed by atoms with van der Waals surface area (Å²) in [4.78, 5) is 15.9. The van der Waals surface area contributed by atoms with Gasteiger partial charge in [0, 0.05) is 0 Å². The van der Waals surface area contributed by atoms with Gasteiger partial charge in [0.2, 0.25) is 0 Å². The van der Waals surface area contributed by atoms with E-state index in [9.17, 15) is 0 Å². The number of aromatic nitrogens is 4. The molecule has 0 amide bonds. The largest absolute Gasteiger partial charge is 0.497 e. The summed E-state index contributed by atoms with van der Waals surface area (Å²) in [5.41, 5.74) is 3.44. The van der Waals surface area contributed by atoms with E-state index in [0.29, 0.717) is 11.5 Å². The number of nitrogens with zero attached hydrogens (tertiary/aromatic N) is 3. The van der Waals surface area contributed by atoms with Crippen LogP contribution in [0.1, 0.15) is 17.2 Å². The fourth-order valence-electron chi connectivity index (χ4n) is 3.01. The minimum atomic E-state index is -0.170. The van der Waals surface area contributed by atoms with Crippen LogP contribution in [0.4, 0.5) is 5.82 Å². The summed E-state index contributed by atoms with van der Waals surface area (Å²) in [5, 5.41) is 3.51. The maximum absolute atomic E-state index is 5.40. The quantitative estimate of drug-likeness (QED) is 0.546. The molecule has 2 aromatic heterocycles. The van der Waals surface area contributed by atoms with Crippen LogP contribution in [0, 0.1) is 0 Å². The fraction of sp³-hybridized carbons (Fsp3) is 0.150. The normalized spacial score (nSPS) is 10.9. The number of H-pyrrole nitrogens is 1. The van der Waals surface area contributed by atoms with E-state index in [2.05, 4.69) is 25.3 Å². The van der Waals surface area contributed by atoms with Crippen LogP contribution in [0.15, 0.2) is 61.2 Å². The first-order valence-electron chi connectivity index (χ1n) is 8.47. The lowest BCUT2D eigenvalue weighted by molar-refractivity contribution is 0.413. The van der Waals surface area contributed by atoms with Crippen molar-refractivity contribution in [3.8, 4) is 11.5 Å². The first-order chi connectivity index (χ1) is 13.3. The number of hydrogen-bond acceptors (Lipinski definition) is 6. The number of methoxy groups -OCH3 is 2. The monoisotopic (exact) mass is 361 g/mol. The molecule has 0 saturated carbocycles. The Bertz CT molecular complexity index is 1020. The summed E-state index contributed by atoms with van der Waals surface area (Å²) in [7, 11) is 3.32. The second kappa shape index (κ2) is 7.33. The number of ether oxygens (including phenoxy) is 2. The van der Waals surface area contributed by atoms with Gasteiger partial charge in [0.05, 0.1) is 26.6 Å². The lowest BCUT2D eigenvalue weighted by Gasteiger charge is -2.21. The van der Waals surface area contributed by atoms with Crippen LogP contribution >= 0.6 is 0 Å². The molecular weight excluding hydrogens is 342 g/mol. The van der Waals surface area contributed by atoms with Crippen molar-refractivity contribution in [3.63, 3.8) is 0 Å². The molecule has 136 valence electrons. The highest BCUT2D eigenvalue weighted by Crippen LogP contribution is 2.31. The van der Waals surface area contributed by atoms with Crippen molar-refractivity contribution < 1.29 is 9.47 Å². The maximum atomic E-state index is 5.40. The molecule has 0 saturated heterocycles. The Morgan fingerprint density at radius 2 is 1.56 bits per heavy atom. The van der Waals surface area contributed by atoms with Crippen LogP contribution in [0.2, 0.25) is 0 Å². The molecule has 0 aliphatic carbocycles. The molecule has 4 rings (SSSR count). The Kier molecular flexibility index (Phi) is 4.57. The summed E-state index contributed by atoms with van der Waals surface area (Å²) in [5.74, 6) is 2.25. The van der Waals surface area contributed by atoms with Crippen molar-refractivity contribution in [1.29, 1.82) is 0 Å². The molecule has 7 nitrogen and oxygen atoms in total. The summed E-state index contributed by atoms with van der Waals surface area (Å²) in [6.45, 7) is 0. The second-order valence-electron chi connectivity index (χ2n) is 5.95. The highest BCUT2D eigenvalue weighted by Gasteiger charge is 2.18. The van der Waals surface area contributed by atoms with E-state index in [1.807, 2.05) is 48.5 Å². The van der Waals surface area contributed by atoms with Crippen LogP contribution in [-0.2, 0) is 0 Å². The van der Waals surface area contributed by atoms with Gasteiger partial charge in [0.1, 0.15) is 23.3 Å². The molecule has 0 bridgehead atoms. The minimum absolute atomic E-state index is 0.170. The summed E-state index contributed by atoms with van der Waals surface area (Å²) in [6.07, 6.45) is 3.11. The molecule has 2 heterocycles. The van der Waals surface area contributed by atoms with Crippen molar-refractivity contribution >= 4 is 17.0 Å². The molecule has 4 aromatic rings. The zero-order chi connectivity index (χ0) is 18.6. The Morgan fingerprint density at radius 3 is 2.19 bits per heavy atom. The van der Waals surface area contributed by atoms with E-state index in [-0.39, 0.29) is 6.04 Å². The number of rotatable bonds is 6. The maximum Gasteiger partial charge on any atom is 0.182 e. The Balaban J connectivity index is 1.81. The van der Waals surface area contributed by atoms with Crippen molar-refractivity contribution in [1.82, 2.24) is 19.9 Å². The number of anilines is 1. The van der Waals surface area contributed by atoms with Crippen molar-refractivity contribution in [3.05, 3.63) is 72.3 Å². The number of benzene rings is 2. The van der Waals surface area contributed by atoms with Gasteiger partial charge in [-0.15, -0.1) is 0 Å². The SMILES string of the molecule is COc1cccc(C(Nc2ncnc3nc[nH]c23)c2cccc(OC)c2)c1. The predicted octanol–water partition coefficient (Wildman–Crippen LogP) is 3.57. The van der Waals surface area contributed by atoms with Gasteiger partial charge in [0.15, 0.2) is 11.5 Å². The summed E-state index contributed by atoms with van der Waals surface area (Å²) < 4.78 is 10.8. The zero-order valence-corrected chi connectivity index (χ0v) is 15.0. The molecule has 7 heteroatoms. The molecule has 2 aromatic carbocycles. The van der Waals surface area contributed by atoms with Crippen molar-refractivity contribution in [2.24, 2.45) is 0 Å². The van der Waals surface area contributed by atoms with Gasteiger partial charge in [-0.1, -0.05) is 24.3 Å². The van der Waals surface area contributed by atoms with Gasteiger partial charge in [0.25, 0.3) is 0 Å². The van der Waals surface area contributed by atoms with Crippen LogP contribution in [0.5, 0.6) is 11.5 Å². The number of fused-ring (bicyclic) bond motifs is 1. The number of nitrogens with one attached hydrogen (secondary N) is 2. The molecular formula is C20H19N5O2. The first kappa shape index (κ1) is 16.8. The van der Waals surface area contributed by atoms with E-state index in [1.165, 1.54) is 6.33 Å². The van der Waals surface area contributed by atoms with Gasteiger partial charge in [-0.2, -0.15) is 0 Å². The molecule has 0 fully saturated rings.